The summed E-state index contributed by atoms with van der Waals surface area (Å²) in [7, 11) is 0. The van der Waals surface area contributed by atoms with Crippen molar-refractivity contribution < 1.29 is 0 Å². The Balaban J connectivity index is 4.52. The Kier molecular flexibility index (Phi) is 14.4. The maximum absolute atomic E-state index is 2.50. The van der Waals surface area contributed by atoms with E-state index >= 15 is 0 Å². The van der Waals surface area contributed by atoms with Crippen molar-refractivity contribution in [3.8, 4) is 0 Å². The van der Waals surface area contributed by atoms with Gasteiger partial charge in [-0.15, -0.1) is 0 Å². The summed E-state index contributed by atoms with van der Waals surface area (Å²) < 4.78 is 0. The maximum atomic E-state index is 2.50. The van der Waals surface area contributed by atoms with Gasteiger partial charge in [0.05, 0.1) is 0 Å². The molecular weight excluding hydrogens is 276 g/mol. The van der Waals surface area contributed by atoms with Crippen LogP contribution in [-0.2, 0) is 0 Å². The van der Waals surface area contributed by atoms with Gasteiger partial charge in [0.25, 0.3) is 0 Å². The molecule has 0 aliphatic carbocycles. The van der Waals surface area contributed by atoms with Crippen LogP contribution < -0.4 is 0 Å². The molecule has 0 fully saturated rings. The second-order valence-electron chi connectivity index (χ2n) is 8.36. The molecule has 0 aliphatic rings. The fourth-order valence-corrected chi connectivity index (χ4v) is 4.14. The van der Waals surface area contributed by atoms with E-state index in [4.69, 9.17) is 0 Å². The van der Waals surface area contributed by atoms with Crippen molar-refractivity contribution in [2.75, 3.05) is 0 Å². The molecule has 0 heterocycles. The second kappa shape index (κ2) is 14.4. The van der Waals surface area contributed by atoms with E-state index in [9.17, 15) is 0 Å². The Bertz CT molecular complexity index is 240. The first-order valence-corrected chi connectivity index (χ1v) is 11.0. The van der Waals surface area contributed by atoms with Gasteiger partial charge in [-0.1, -0.05) is 113 Å². The average Bonchev–Trinajstić information content (AvgIpc) is 2.57. The van der Waals surface area contributed by atoms with Crippen LogP contribution in [0.3, 0.4) is 0 Å². The molecule has 0 nitrogen and oxygen atoms in total. The molecule has 0 radical (unpaired) electrons. The highest BCUT2D eigenvalue weighted by molar-refractivity contribution is 4.71. The van der Waals surface area contributed by atoms with Crippen LogP contribution in [0.25, 0.3) is 0 Å². The monoisotopic (exact) mass is 324 g/mol. The lowest BCUT2D eigenvalue weighted by molar-refractivity contribution is 0.245. The van der Waals surface area contributed by atoms with E-state index in [0.29, 0.717) is 0 Å². The summed E-state index contributed by atoms with van der Waals surface area (Å²) in [6, 6.07) is 0. The van der Waals surface area contributed by atoms with Crippen LogP contribution in [0, 0.1) is 29.6 Å². The molecule has 0 rings (SSSR count). The molecule has 0 saturated carbocycles. The summed E-state index contributed by atoms with van der Waals surface area (Å²) >= 11 is 0. The molecule has 0 aliphatic heterocycles. The van der Waals surface area contributed by atoms with Crippen molar-refractivity contribution >= 4 is 0 Å². The number of rotatable bonds is 15. The molecular formula is C23H48. The molecule has 0 bridgehead atoms. The van der Waals surface area contributed by atoms with E-state index < -0.39 is 0 Å². The van der Waals surface area contributed by atoms with Crippen LogP contribution >= 0.6 is 0 Å². The molecule has 4 atom stereocenters. The van der Waals surface area contributed by atoms with Gasteiger partial charge in [0.2, 0.25) is 0 Å². The van der Waals surface area contributed by atoms with E-state index in [-0.39, 0.29) is 0 Å². The van der Waals surface area contributed by atoms with Crippen LogP contribution in [0.5, 0.6) is 0 Å². The van der Waals surface area contributed by atoms with Crippen molar-refractivity contribution in [1.82, 2.24) is 0 Å². The van der Waals surface area contributed by atoms with Crippen molar-refractivity contribution in [2.24, 2.45) is 29.6 Å². The summed E-state index contributed by atoms with van der Waals surface area (Å²) in [6.45, 7) is 16.8. The van der Waals surface area contributed by atoms with Gasteiger partial charge in [-0.3, -0.25) is 0 Å². The zero-order chi connectivity index (χ0) is 17.7. The van der Waals surface area contributed by atoms with E-state index in [1.807, 2.05) is 0 Å². The van der Waals surface area contributed by atoms with E-state index in [0.717, 1.165) is 29.6 Å². The molecule has 0 spiro atoms. The minimum Gasteiger partial charge on any atom is -0.0654 e. The first-order chi connectivity index (χ1) is 11.0. The van der Waals surface area contributed by atoms with Crippen LogP contribution in [0.4, 0.5) is 0 Å². The largest absolute Gasteiger partial charge is 0.0654 e. The quantitative estimate of drug-likeness (QED) is 0.283. The molecule has 140 valence electrons. The highest BCUT2D eigenvalue weighted by Gasteiger charge is 2.19. The van der Waals surface area contributed by atoms with Crippen molar-refractivity contribution in [3.63, 3.8) is 0 Å². The third-order valence-electron chi connectivity index (χ3n) is 6.72. The smallest absolute Gasteiger partial charge is 0.0411 e. The summed E-state index contributed by atoms with van der Waals surface area (Å²) in [5, 5.41) is 0. The van der Waals surface area contributed by atoms with Crippen molar-refractivity contribution in [2.45, 2.75) is 119 Å². The fourth-order valence-electron chi connectivity index (χ4n) is 4.14. The van der Waals surface area contributed by atoms with Gasteiger partial charge in [-0.25, -0.2) is 0 Å². The van der Waals surface area contributed by atoms with Gasteiger partial charge in [-0.05, 0) is 36.0 Å². The van der Waals surface area contributed by atoms with Gasteiger partial charge in [0.1, 0.15) is 0 Å². The first kappa shape index (κ1) is 23.0. The minimum atomic E-state index is 0.892. The topological polar surface area (TPSA) is 0 Å². The van der Waals surface area contributed by atoms with Gasteiger partial charge in [0.15, 0.2) is 0 Å². The number of hydrogen-bond donors (Lipinski definition) is 0. The van der Waals surface area contributed by atoms with E-state index in [2.05, 4.69) is 48.5 Å². The molecule has 0 saturated heterocycles. The molecule has 0 heteroatoms. The van der Waals surface area contributed by atoms with Gasteiger partial charge < -0.3 is 0 Å². The van der Waals surface area contributed by atoms with Crippen LogP contribution in [0.1, 0.15) is 119 Å². The Morgan fingerprint density at radius 2 is 0.957 bits per heavy atom. The highest BCUT2D eigenvalue weighted by Crippen LogP contribution is 2.32. The normalized spacial score (nSPS) is 17.2. The molecule has 0 aromatic carbocycles. The lowest BCUT2D eigenvalue weighted by Crippen LogP contribution is -2.15. The van der Waals surface area contributed by atoms with Crippen LogP contribution in [-0.4, -0.2) is 0 Å². The Hall–Kier alpha value is 0. The van der Waals surface area contributed by atoms with E-state index in [1.54, 1.807) is 0 Å². The predicted octanol–water partition coefficient (Wildman–Crippen LogP) is 8.50. The Morgan fingerprint density at radius 1 is 0.478 bits per heavy atom. The average molecular weight is 325 g/mol. The number of hydrogen-bond acceptors (Lipinski definition) is 0. The summed E-state index contributed by atoms with van der Waals surface area (Å²) in [5.74, 6) is 4.72. The summed E-state index contributed by atoms with van der Waals surface area (Å²) in [6.07, 6.45) is 15.7. The third-order valence-corrected chi connectivity index (χ3v) is 6.72. The molecule has 0 aromatic heterocycles. The Labute approximate surface area is 149 Å². The van der Waals surface area contributed by atoms with Crippen molar-refractivity contribution in [1.29, 1.82) is 0 Å². The maximum Gasteiger partial charge on any atom is -0.0411 e. The van der Waals surface area contributed by atoms with Crippen molar-refractivity contribution in [3.05, 3.63) is 0 Å². The lowest BCUT2D eigenvalue weighted by Gasteiger charge is -2.27. The molecule has 4 unspecified atom stereocenters. The lowest BCUT2D eigenvalue weighted by atomic mass is 9.79. The molecule has 0 N–H and O–H groups in total. The predicted molar refractivity (Wildman–Crippen MR) is 108 cm³/mol. The highest BCUT2D eigenvalue weighted by atomic mass is 14.3. The standard InChI is InChI=1S/C23H48/c1-8-13-22(12-5)15-17-23(16-14-21(10-3)11-4)18-20(7)19(6)9-2/h19-23H,8-18H2,1-7H3. The Morgan fingerprint density at radius 3 is 1.39 bits per heavy atom. The zero-order valence-electron chi connectivity index (χ0n) is 17.7. The first-order valence-electron chi connectivity index (χ1n) is 11.0. The molecule has 0 aromatic rings. The van der Waals surface area contributed by atoms with Crippen LogP contribution in [0.2, 0.25) is 0 Å². The van der Waals surface area contributed by atoms with E-state index in [1.165, 1.54) is 70.6 Å². The third kappa shape index (κ3) is 10.5. The van der Waals surface area contributed by atoms with Gasteiger partial charge in [-0.2, -0.15) is 0 Å². The van der Waals surface area contributed by atoms with Crippen LogP contribution in [0.15, 0.2) is 0 Å². The van der Waals surface area contributed by atoms with Gasteiger partial charge in [0, 0.05) is 0 Å². The SMILES string of the molecule is CCCC(CC)CCC(CCC(CC)CC)CC(C)C(C)CC. The fraction of sp³-hybridized carbons (Fsp3) is 1.00. The zero-order valence-corrected chi connectivity index (χ0v) is 17.7. The minimum absolute atomic E-state index is 0.892. The second-order valence-corrected chi connectivity index (χ2v) is 8.36. The molecule has 0 amide bonds. The summed E-state index contributed by atoms with van der Waals surface area (Å²) in [4.78, 5) is 0. The summed E-state index contributed by atoms with van der Waals surface area (Å²) in [5.41, 5.74) is 0. The van der Waals surface area contributed by atoms with Gasteiger partial charge >= 0.3 is 0 Å². The molecule has 23 heavy (non-hydrogen) atoms.